The molecule has 1 fully saturated rings. The van der Waals surface area contributed by atoms with E-state index in [9.17, 15) is 4.39 Å². The summed E-state index contributed by atoms with van der Waals surface area (Å²) < 4.78 is 13.2. The Balaban J connectivity index is 2.06. The number of benzene rings is 1. The molecule has 0 amide bonds. The van der Waals surface area contributed by atoms with Gasteiger partial charge in [0.2, 0.25) is 0 Å². The molecule has 0 spiro atoms. The van der Waals surface area contributed by atoms with Crippen molar-refractivity contribution in [1.29, 1.82) is 0 Å². The normalized spacial score (nSPS) is 25.6. The number of aryl methyl sites for hydroxylation is 1. The van der Waals surface area contributed by atoms with Crippen molar-refractivity contribution in [3.63, 3.8) is 0 Å². The van der Waals surface area contributed by atoms with Crippen LogP contribution >= 0.6 is 0 Å². The van der Waals surface area contributed by atoms with E-state index in [0.29, 0.717) is 11.6 Å². The van der Waals surface area contributed by atoms with Crippen LogP contribution in [0.4, 0.5) is 10.1 Å². The standard InChI is InChI=1S/C12H16FN/c1-8-3-5-10(7-11(8)13)14-12-6-4-9(12)2/h3,5,7,9,12,14H,4,6H2,1-2H3. The van der Waals surface area contributed by atoms with Crippen LogP contribution in [0, 0.1) is 18.7 Å². The fourth-order valence-corrected chi connectivity index (χ4v) is 1.78. The molecule has 0 radical (unpaired) electrons. The van der Waals surface area contributed by atoms with E-state index >= 15 is 0 Å². The van der Waals surface area contributed by atoms with E-state index in [1.165, 1.54) is 12.8 Å². The molecule has 2 rings (SSSR count). The quantitative estimate of drug-likeness (QED) is 0.759. The van der Waals surface area contributed by atoms with Gasteiger partial charge < -0.3 is 5.32 Å². The average Bonchev–Trinajstić information content (AvgIpc) is 2.17. The van der Waals surface area contributed by atoms with Gasteiger partial charge in [0.05, 0.1) is 0 Å². The molecular weight excluding hydrogens is 177 g/mol. The molecule has 0 heterocycles. The van der Waals surface area contributed by atoms with Crippen molar-refractivity contribution in [2.24, 2.45) is 5.92 Å². The fourth-order valence-electron chi connectivity index (χ4n) is 1.78. The van der Waals surface area contributed by atoms with Gasteiger partial charge in [-0.25, -0.2) is 4.39 Å². The molecule has 0 aromatic heterocycles. The van der Waals surface area contributed by atoms with Gasteiger partial charge in [0, 0.05) is 11.7 Å². The van der Waals surface area contributed by atoms with Crippen LogP contribution in [0.5, 0.6) is 0 Å². The lowest BCUT2D eigenvalue weighted by atomic mass is 9.81. The predicted octanol–water partition coefficient (Wildman–Crippen LogP) is 3.34. The molecule has 1 saturated carbocycles. The Morgan fingerprint density at radius 3 is 2.64 bits per heavy atom. The van der Waals surface area contributed by atoms with Gasteiger partial charge in [0.15, 0.2) is 0 Å². The Bertz CT molecular complexity index is 335. The largest absolute Gasteiger partial charge is 0.382 e. The summed E-state index contributed by atoms with van der Waals surface area (Å²) in [5.41, 5.74) is 1.61. The molecule has 2 heteroatoms. The fraction of sp³-hybridized carbons (Fsp3) is 0.500. The Morgan fingerprint density at radius 1 is 1.36 bits per heavy atom. The Morgan fingerprint density at radius 2 is 2.14 bits per heavy atom. The second-order valence-electron chi connectivity index (χ2n) is 4.27. The van der Waals surface area contributed by atoms with E-state index in [4.69, 9.17) is 0 Å². The minimum absolute atomic E-state index is 0.123. The molecule has 1 aliphatic rings. The smallest absolute Gasteiger partial charge is 0.128 e. The first-order chi connectivity index (χ1) is 6.66. The van der Waals surface area contributed by atoms with Crippen LogP contribution in [-0.2, 0) is 0 Å². The summed E-state index contributed by atoms with van der Waals surface area (Å²) in [6.07, 6.45) is 2.49. The summed E-state index contributed by atoms with van der Waals surface area (Å²) in [5.74, 6) is 0.598. The highest BCUT2D eigenvalue weighted by atomic mass is 19.1. The summed E-state index contributed by atoms with van der Waals surface area (Å²) in [5, 5.41) is 3.36. The van der Waals surface area contributed by atoms with Crippen molar-refractivity contribution in [1.82, 2.24) is 0 Å². The van der Waals surface area contributed by atoms with Gasteiger partial charge in [-0.15, -0.1) is 0 Å². The third kappa shape index (κ3) is 1.74. The lowest BCUT2D eigenvalue weighted by Gasteiger charge is -2.35. The maximum Gasteiger partial charge on any atom is 0.128 e. The maximum atomic E-state index is 13.2. The summed E-state index contributed by atoms with van der Waals surface area (Å²) in [4.78, 5) is 0. The average molecular weight is 193 g/mol. The van der Waals surface area contributed by atoms with Crippen LogP contribution in [0.25, 0.3) is 0 Å². The van der Waals surface area contributed by atoms with Gasteiger partial charge in [-0.3, -0.25) is 0 Å². The summed E-state index contributed by atoms with van der Waals surface area (Å²) in [6.45, 7) is 4.01. The zero-order chi connectivity index (χ0) is 10.1. The van der Waals surface area contributed by atoms with Crippen LogP contribution < -0.4 is 5.32 Å². The van der Waals surface area contributed by atoms with E-state index < -0.39 is 0 Å². The predicted molar refractivity (Wildman–Crippen MR) is 56.9 cm³/mol. The molecule has 76 valence electrons. The Kier molecular flexibility index (Phi) is 2.44. The SMILES string of the molecule is Cc1ccc(NC2CCC2C)cc1F. The number of halogens is 1. The minimum Gasteiger partial charge on any atom is -0.382 e. The van der Waals surface area contributed by atoms with Crippen LogP contribution in [0.3, 0.4) is 0 Å². The van der Waals surface area contributed by atoms with Crippen molar-refractivity contribution in [2.75, 3.05) is 5.32 Å². The van der Waals surface area contributed by atoms with E-state index in [-0.39, 0.29) is 5.82 Å². The molecule has 1 N–H and O–H groups in total. The molecule has 0 saturated heterocycles. The second-order valence-corrected chi connectivity index (χ2v) is 4.27. The van der Waals surface area contributed by atoms with Crippen molar-refractivity contribution in [2.45, 2.75) is 32.7 Å². The molecule has 2 atom stereocenters. The highest BCUT2D eigenvalue weighted by molar-refractivity contribution is 5.46. The van der Waals surface area contributed by atoms with Gasteiger partial charge in [0.25, 0.3) is 0 Å². The van der Waals surface area contributed by atoms with Crippen LogP contribution in [-0.4, -0.2) is 6.04 Å². The van der Waals surface area contributed by atoms with Crippen LogP contribution in [0.2, 0.25) is 0 Å². The molecule has 1 nitrogen and oxygen atoms in total. The minimum atomic E-state index is -0.123. The Labute approximate surface area is 84.3 Å². The first kappa shape index (κ1) is 9.50. The first-order valence-corrected chi connectivity index (χ1v) is 5.19. The molecule has 14 heavy (non-hydrogen) atoms. The highest BCUT2D eigenvalue weighted by Gasteiger charge is 2.26. The third-order valence-electron chi connectivity index (χ3n) is 3.14. The zero-order valence-corrected chi connectivity index (χ0v) is 8.68. The molecule has 0 bridgehead atoms. The van der Waals surface area contributed by atoms with Crippen molar-refractivity contribution in [3.8, 4) is 0 Å². The van der Waals surface area contributed by atoms with Crippen molar-refractivity contribution < 1.29 is 4.39 Å². The summed E-state index contributed by atoms with van der Waals surface area (Å²) in [7, 11) is 0. The van der Waals surface area contributed by atoms with Crippen molar-refractivity contribution >= 4 is 5.69 Å². The topological polar surface area (TPSA) is 12.0 Å². The van der Waals surface area contributed by atoms with E-state index in [1.807, 2.05) is 12.1 Å². The lowest BCUT2D eigenvalue weighted by Crippen LogP contribution is -2.36. The number of rotatable bonds is 2. The maximum absolute atomic E-state index is 13.2. The van der Waals surface area contributed by atoms with Gasteiger partial charge in [-0.05, 0) is 43.4 Å². The van der Waals surface area contributed by atoms with Gasteiger partial charge in [0.1, 0.15) is 5.82 Å². The summed E-state index contributed by atoms with van der Waals surface area (Å²) >= 11 is 0. The molecule has 0 aliphatic heterocycles. The lowest BCUT2D eigenvalue weighted by molar-refractivity contribution is 0.303. The van der Waals surface area contributed by atoms with Gasteiger partial charge in [-0.2, -0.15) is 0 Å². The summed E-state index contributed by atoms with van der Waals surface area (Å²) in [6, 6.07) is 5.89. The molecule has 1 aromatic carbocycles. The third-order valence-corrected chi connectivity index (χ3v) is 3.14. The monoisotopic (exact) mass is 193 g/mol. The van der Waals surface area contributed by atoms with E-state index in [2.05, 4.69) is 12.2 Å². The number of hydrogen-bond donors (Lipinski definition) is 1. The first-order valence-electron chi connectivity index (χ1n) is 5.19. The zero-order valence-electron chi connectivity index (χ0n) is 8.68. The molecular formula is C12H16FN. The van der Waals surface area contributed by atoms with Gasteiger partial charge in [-0.1, -0.05) is 13.0 Å². The van der Waals surface area contributed by atoms with Gasteiger partial charge >= 0.3 is 0 Å². The van der Waals surface area contributed by atoms with Crippen LogP contribution in [0.15, 0.2) is 18.2 Å². The number of hydrogen-bond acceptors (Lipinski definition) is 1. The van der Waals surface area contributed by atoms with Crippen LogP contribution in [0.1, 0.15) is 25.3 Å². The Hall–Kier alpha value is -1.05. The number of nitrogens with one attached hydrogen (secondary N) is 1. The number of anilines is 1. The van der Waals surface area contributed by atoms with E-state index in [1.54, 1.807) is 13.0 Å². The molecule has 1 aliphatic carbocycles. The highest BCUT2D eigenvalue weighted by Crippen LogP contribution is 2.30. The second kappa shape index (κ2) is 3.60. The van der Waals surface area contributed by atoms with Crippen molar-refractivity contribution in [3.05, 3.63) is 29.6 Å². The molecule has 2 unspecified atom stereocenters. The van der Waals surface area contributed by atoms with E-state index in [0.717, 1.165) is 11.6 Å². The molecule has 1 aromatic rings.